The molecule has 0 nitrogen and oxygen atoms in total. The molecule has 0 aliphatic heterocycles. The third-order valence-electron chi connectivity index (χ3n) is 2.87. The van der Waals surface area contributed by atoms with Crippen LogP contribution >= 0.6 is 38.9 Å². The first-order valence-electron chi connectivity index (χ1n) is 5.99. The number of hydrogen-bond donors (Lipinski definition) is 0. The fraction of sp³-hybridized carbons (Fsp3) is 0.333. The van der Waals surface area contributed by atoms with Gasteiger partial charge in [0.15, 0.2) is 0 Å². The van der Waals surface area contributed by atoms with Gasteiger partial charge < -0.3 is 0 Å². The van der Waals surface area contributed by atoms with E-state index >= 15 is 0 Å². The molecule has 1 aromatic heterocycles. The highest BCUT2D eigenvalue weighted by atomic mass is 79.9. The molecule has 0 N–H and O–H groups in total. The lowest BCUT2D eigenvalue weighted by molar-refractivity contribution is 0.604. The normalized spacial score (nSPS) is 13.6. The summed E-state index contributed by atoms with van der Waals surface area (Å²) >= 11 is 11.4. The van der Waals surface area contributed by atoms with Crippen LogP contribution in [0.25, 0.3) is 0 Å². The number of thiophene rings is 1. The maximum absolute atomic E-state index is 13.9. The Balaban J connectivity index is 2.40. The maximum atomic E-state index is 13.9. The van der Waals surface area contributed by atoms with Crippen LogP contribution in [0.4, 0.5) is 4.39 Å². The van der Waals surface area contributed by atoms with Gasteiger partial charge in [-0.05, 0) is 29.7 Å². The Bertz CT molecular complexity index is 566. The molecule has 0 radical (unpaired) electrons. The SMILES string of the molecule is CC(C)(C)c1ccc(C(Br)c2c(F)cccc2Cl)s1. The van der Waals surface area contributed by atoms with Crippen LogP contribution in [0.15, 0.2) is 30.3 Å². The first-order chi connectivity index (χ1) is 8.80. The van der Waals surface area contributed by atoms with E-state index in [1.165, 1.54) is 10.9 Å². The van der Waals surface area contributed by atoms with Gasteiger partial charge in [-0.2, -0.15) is 0 Å². The van der Waals surface area contributed by atoms with Gasteiger partial charge in [-0.1, -0.05) is 54.4 Å². The Hall–Kier alpha value is -0.380. The topological polar surface area (TPSA) is 0 Å². The number of hydrogen-bond acceptors (Lipinski definition) is 1. The van der Waals surface area contributed by atoms with Crippen molar-refractivity contribution in [2.45, 2.75) is 31.0 Å². The maximum Gasteiger partial charge on any atom is 0.129 e. The zero-order valence-corrected chi connectivity index (χ0v) is 14.2. The van der Waals surface area contributed by atoms with Gasteiger partial charge in [0.05, 0.1) is 4.83 Å². The summed E-state index contributed by atoms with van der Waals surface area (Å²) in [5.74, 6) is -0.278. The summed E-state index contributed by atoms with van der Waals surface area (Å²) in [6.45, 7) is 6.51. The second kappa shape index (κ2) is 5.55. The summed E-state index contributed by atoms with van der Waals surface area (Å²) in [6, 6.07) is 8.91. The Labute approximate surface area is 130 Å². The van der Waals surface area contributed by atoms with Crippen molar-refractivity contribution in [2.75, 3.05) is 0 Å². The lowest BCUT2D eigenvalue weighted by atomic mass is 9.95. The highest BCUT2D eigenvalue weighted by Crippen LogP contribution is 2.41. The highest BCUT2D eigenvalue weighted by Gasteiger charge is 2.22. The summed E-state index contributed by atoms with van der Waals surface area (Å²) in [5, 5.41) is 0.451. The Morgan fingerprint density at radius 3 is 2.42 bits per heavy atom. The average molecular weight is 362 g/mol. The van der Waals surface area contributed by atoms with Crippen molar-refractivity contribution in [1.82, 2.24) is 0 Å². The second-order valence-corrected chi connectivity index (χ2v) is 7.89. The minimum atomic E-state index is -0.278. The van der Waals surface area contributed by atoms with E-state index in [2.05, 4.69) is 42.8 Å². The van der Waals surface area contributed by atoms with Gasteiger partial charge in [-0.25, -0.2) is 4.39 Å². The number of alkyl halides is 1. The zero-order valence-electron chi connectivity index (χ0n) is 11.0. The second-order valence-electron chi connectivity index (χ2n) is 5.45. The number of halogens is 3. The Morgan fingerprint density at radius 1 is 1.21 bits per heavy atom. The third kappa shape index (κ3) is 3.21. The molecule has 2 aromatic rings. The van der Waals surface area contributed by atoms with Crippen LogP contribution in [0, 0.1) is 5.82 Å². The molecule has 0 fully saturated rings. The van der Waals surface area contributed by atoms with Crippen LogP contribution in [-0.4, -0.2) is 0 Å². The van der Waals surface area contributed by atoms with Crippen LogP contribution in [0.2, 0.25) is 5.02 Å². The molecule has 1 unspecified atom stereocenters. The fourth-order valence-electron chi connectivity index (χ4n) is 1.79. The fourth-order valence-corrected chi connectivity index (χ4v) is 4.14. The van der Waals surface area contributed by atoms with Gasteiger partial charge in [0.25, 0.3) is 0 Å². The average Bonchev–Trinajstić information content (AvgIpc) is 2.77. The highest BCUT2D eigenvalue weighted by molar-refractivity contribution is 9.09. The molecular formula is C15H15BrClFS. The predicted molar refractivity (Wildman–Crippen MR) is 85.2 cm³/mol. The van der Waals surface area contributed by atoms with Crippen LogP contribution in [0.3, 0.4) is 0 Å². The largest absolute Gasteiger partial charge is 0.207 e. The van der Waals surface area contributed by atoms with E-state index in [9.17, 15) is 4.39 Å². The van der Waals surface area contributed by atoms with Gasteiger partial charge in [-0.3, -0.25) is 0 Å². The third-order valence-corrected chi connectivity index (χ3v) is 6.03. The van der Waals surface area contributed by atoms with Crippen molar-refractivity contribution in [3.8, 4) is 0 Å². The summed E-state index contributed by atoms with van der Waals surface area (Å²) in [7, 11) is 0. The lowest BCUT2D eigenvalue weighted by Crippen LogP contribution is -2.07. The number of rotatable bonds is 2. The monoisotopic (exact) mass is 360 g/mol. The van der Waals surface area contributed by atoms with Crippen molar-refractivity contribution in [3.05, 3.63) is 56.5 Å². The van der Waals surface area contributed by atoms with E-state index in [1.807, 2.05) is 6.07 Å². The molecular weight excluding hydrogens is 347 g/mol. The predicted octanol–water partition coefficient (Wildman–Crippen LogP) is 6.32. The van der Waals surface area contributed by atoms with Crippen LogP contribution in [-0.2, 0) is 5.41 Å². The van der Waals surface area contributed by atoms with E-state index in [0.717, 1.165) is 4.88 Å². The molecule has 4 heteroatoms. The van der Waals surface area contributed by atoms with Gasteiger partial charge in [0, 0.05) is 20.3 Å². The van der Waals surface area contributed by atoms with Crippen LogP contribution in [0.1, 0.15) is 40.9 Å². The molecule has 0 bridgehead atoms. The molecule has 1 heterocycles. The molecule has 1 aromatic carbocycles. The Morgan fingerprint density at radius 2 is 1.89 bits per heavy atom. The first kappa shape index (κ1) is 15.0. The molecule has 1 atom stereocenters. The van der Waals surface area contributed by atoms with Crippen molar-refractivity contribution < 1.29 is 4.39 Å². The summed E-state index contributed by atoms with van der Waals surface area (Å²) in [5.41, 5.74) is 0.612. The van der Waals surface area contributed by atoms with E-state index in [4.69, 9.17) is 11.6 Å². The van der Waals surface area contributed by atoms with Crippen molar-refractivity contribution in [3.63, 3.8) is 0 Å². The molecule has 102 valence electrons. The van der Waals surface area contributed by atoms with Crippen LogP contribution < -0.4 is 0 Å². The minimum Gasteiger partial charge on any atom is -0.207 e. The molecule has 2 rings (SSSR count). The van der Waals surface area contributed by atoms with Gasteiger partial charge in [0.1, 0.15) is 5.82 Å². The van der Waals surface area contributed by atoms with E-state index < -0.39 is 0 Å². The summed E-state index contributed by atoms with van der Waals surface area (Å²) < 4.78 is 13.9. The van der Waals surface area contributed by atoms with Crippen molar-refractivity contribution >= 4 is 38.9 Å². The molecule has 0 saturated carbocycles. The van der Waals surface area contributed by atoms with E-state index in [1.54, 1.807) is 23.5 Å². The minimum absolute atomic E-state index is 0.106. The quantitative estimate of drug-likeness (QED) is 0.549. The zero-order chi connectivity index (χ0) is 14.2. The van der Waals surface area contributed by atoms with E-state index in [0.29, 0.717) is 10.6 Å². The molecule has 0 spiro atoms. The lowest BCUT2D eigenvalue weighted by Gasteiger charge is -2.16. The molecule has 0 amide bonds. The van der Waals surface area contributed by atoms with Gasteiger partial charge in [-0.15, -0.1) is 11.3 Å². The number of benzene rings is 1. The summed E-state index contributed by atoms with van der Waals surface area (Å²) in [6.07, 6.45) is 0. The van der Waals surface area contributed by atoms with E-state index in [-0.39, 0.29) is 16.1 Å². The molecule has 0 aliphatic carbocycles. The molecule has 19 heavy (non-hydrogen) atoms. The molecule has 0 saturated heterocycles. The van der Waals surface area contributed by atoms with Crippen LogP contribution in [0.5, 0.6) is 0 Å². The molecule has 0 aliphatic rings. The van der Waals surface area contributed by atoms with Crippen molar-refractivity contribution in [1.29, 1.82) is 0 Å². The smallest absolute Gasteiger partial charge is 0.129 e. The van der Waals surface area contributed by atoms with Gasteiger partial charge >= 0.3 is 0 Å². The summed E-state index contributed by atoms with van der Waals surface area (Å²) in [4.78, 5) is 2.14. The Kier molecular flexibility index (Phi) is 4.38. The van der Waals surface area contributed by atoms with Gasteiger partial charge in [0.2, 0.25) is 0 Å². The first-order valence-corrected chi connectivity index (χ1v) is 8.10. The van der Waals surface area contributed by atoms with Crippen molar-refractivity contribution in [2.24, 2.45) is 0 Å². The standard InChI is InChI=1S/C15H15BrClFS/c1-15(2,3)12-8-7-11(19-12)14(16)13-9(17)5-4-6-10(13)18/h4-8,14H,1-3H3.